The van der Waals surface area contributed by atoms with Gasteiger partial charge in [0, 0.05) is 6.42 Å². The van der Waals surface area contributed by atoms with E-state index in [1.165, 1.54) is 16.9 Å². The van der Waals surface area contributed by atoms with Crippen molar-refractivity contribution in [2.75, 3.05) is 0 Å². The predicted molar refractivity (Wildman–Crippen MR) is 65.8 cm³/mol. The quantitative estimate of drug-likeness (QED) is 0.686. The van der Waals surface area contributed by atoms with Crippen LogP contribution in [0.1, 0.15) is 31.6 Å². The van der Waals surface area contributed by atoms with Crippen LogP contribution in [0.2, 0.25) is 0 Å². The van der Waals surface area contributed by atoms with Gasteiger partial charge < -0.3 is 0 Å². The molecule has 1 aromatic carbocycles. The van der Waals surface area contributed by atoms with Crippen molar-refractivity contribution in [3.05, 3.63) is 30.1 Å². The van der Waals surface area contributed by atoms with Gasteiger partial charge in [-0.25, -0.2) is 9.13 Å². The van der Waals surface area contributed by atoms with E-state index < -0.39 is 0 Å². The van der Waals surface area contributed by atoms with Gasteiger partial charge in [-0.05, 0) is 31.9 Å². The highest BCUT2D eigenvalue weighted by Gasteiger charge is 2.34. The van der Waals surface area contributed by atoms with Gasteiger partial charge in [-0.2, -0.15) is 0 Å². The first-order valence-electron chi connectivity index (χ1n) is 6.18. The van der Waals surface area contributed by atoms with Crippen molar-refractivity contribution < 1.29 is 9.36 Å². The van der Waals surface area contributed by atoms with Crippen LogP contribution in [-0.4, -0.2) is 10.4 Å². The number of aromatic nitrogens is 2. The summed E-state index contributed by atoms with van der Waals surface area (Å²) in [6.45, 7) is 1.70. The van der Waals surface area contributed by atoms with Crippen molar-refractivity contribution in [3.8, 4) is 0 Å². The summed E-state index contributed by atoms with van der Waals surface area (Å²) in [5.41, 5.74) is 2.40. The molecule has 0 saturated carbocycles. The van der Waals surface area contributed by atoms with Crippen molar-refractivity contribution in [1.82, 2.24) is 4.57 Å². The summed E-state index contributed by atoms with van der Waals surface area (Å²) in [4.78, 5) is 11.8. The number of carbonyl (C=O) groups is 1. The fourth-order valence-corrected chi connectivity index (χ4v) is 2.99. The Balaban J connectivity index is 2.35. The highest BCUT2D eigenvalue weighted by atomic mass is 16.1. The lowest BCUT2D eigenvalue weighted by molar-refractivity contribution is -0.654. The molecule has 3 nitrogen and oxygen atoms in total. The van der Waals surface area contributed by atoms with Gasteiger partial charge in [-0.1, -0.05) is 12.1 Å². The molecular weight excluding hydrogens is 212 g/mol. The maximum atomic E-state index is 11.8. The van der Waals surface area contributed by atoms with Crippen molar-refractivity contribution in [1.29, 1.82) is 0 Å². The molecule has 3 rings (SSSR count). The van der Waals surface area contributed by atoms with E-state index in [-0.39, 0.29) is 11.8 Å². The normalized spacial score (nSPS) is 19.3. The standard InChI is InChI=1S/C14H17N2O/c1-10(17)11-8-5-9-14-15(2)12-6-3-4-7-13(12)16(11)14/h3-4,6-7,11H,5,8-9H2,1-2H3/q+1. The minimum atomic E-state index is 0.0323. The zero-order valence-electron chi connectivity index (χ0n) is 10.3. The molecule has 2 aromatic rings. The lowest BCUT2D eigenvalue weighted by Crippen LogP contribution is -2.36. The summed E-state index contributed by atoms with van der Waals surface area (Å²) in [7, 11) is 2.09. The summed E-state index contributed by atoms with van der Waals surface area (Å²) in [6.07, 6.45) is 3.14. The first-order chi connectivity index (χ1) is 8.20. The van der Waals surface area contributed by atoms with Gasteiger partial charge in [0.15, 0.2) is 22.9 Å². The van der Waals surface area contributed by atoms with Crippen LogP contribution >= 0.6 is 0 Å². The molecule has 0 radical (unpaired) electrons. The van der Waals surface area contributed by atoms with E-state index in [1.54, 1.807) is 6.92 Å². The van der Waals surface area contributed by atoms with Crippen LogP contribution in [0, 0.1) is 0 Å². The molecule has 1 unspecified atom stereocenters. The zero-order chi connectivity index (χ0) is 12.0. The number of rotatable bonds is 1. The molecule has 1 atom stereocenters. The number of ketones is 1. The number of benzene rings is 1. The molecule has 1 aliphatic rings. The molecule has 3 heteroatoms. The van der Waals surface area contributed by atoms with Crippen molar-refractivity contribution in [2.24, 2.45) is 7.05 Å². The summed E-state index contributed by atoms with van der Waals surface area (Å²) in [6, 6.07) is 8.36. The zero-order valence-corrected chi connectivity index (χ0v) is 10.3. The summed E-state index contributed by atoms with van der Waals surface area (Å²) in [5.74, 6) is 1.55. The van der Waals surface area contributed by atoms with Crippen LogP contribution in [-0.2, 0) is 18.3 Å². The number of Topliss-reactive ketones (excluding diaryl/α,β-unsaturated/α-hetero) is 1. The van der Waals surface area contributed by atoms with Crippen LogP contribution in [0.15, 0.2) is 24.3 Å². The van der Waals surface area contributed by atoms with Crippen LogP contribution in [0.25, 0.3) is 11.0 Å². The largest absolute Gasteiger partial charge is 0.295 e. The van der Waals surface area contributed by atoms with Crippen LogP contribution in [0.3, 0.4) is 0 Å². The van der Waals surface area contributed by atoms with E-state index in [9.17, 15) is 4.79 Å². The predicted octanol–water partition coefficient (Wildman–Crippen LogP) is 1.93. The Morgan fingerprint density at radius 3 is 2.94 bits per heavy atom. The summed E-state index contributed by atoms with van der Waals surface area (Å²) >= 11 is 0. The van der Waals surface area contributed by atoms with Gasteiger partial charge in [0.25, 0.3) is 5.82 Å². The number of para-hydroxylation sites is 2. The maximum Gasteiger partial charge on any atom is 0.257 e. The second-order valence-corrected chi connectivity index (χ2v) is 4.85. The first-order valence-corrected chi connectivity index (χ1v) is 6.18. The molecule has 0 bridgehead atoms. The molecule has 88 valence electrons. The Bertz CT molecular complexity index is 598. The van der Waals surface area contributed by atoms with E-state index in [0.29, 0.717) is 0 Å². The minimum Gasteiger partial charge on any atom is -0.295 e. The number of hydrogen-bond acceptors (Lipinski definition) is 1. The number of aryl methyl sites for hydroxylation is 1. The lowest BCUT2D eigenvalue weighted by atomic mass is 10.0. The highest BCUT2D eigenvalue weighted by molar-refractivity contribution is 5.83. The van der Waals surface area contributed by atoms with Crippen LogP contribution in [0.4, 0.5) is 0 Å². The monoisotopic (exact) mass is 229 g/mol. The molecule has 2 heterocycles. The third-order valence-electron chi connectivity index (χ3n) is 3.83. The Morgan fingerprint density at radius 2 is 2.18 bits per heavy atom. The Kier molecular flexibility index (Phi) is 2.28. The fraction of sp³-hybridized carbons (Fsp3) is 0.429. The van der Waals surface area contributed by atoms with Gasteiger partial charge in [0.1, 0.15) is 0 Å². The van der Waals surface area contributed by atoms with Crippen molar-refractivity contribution >= 4 is 16.8 Å². The van der Waals surface area contributed by atoms with Gasteiger partial charge in [-0.3, -0.25) is 4.79 Å². The molecule has 0 fully saturated rings. The van der Waals surface area contributed by atoms with Crippen LogP contribution in [0.5, 0.6) is 0 Å². The third kappa shape index (κ3) is 1.42. The van der Waals surface area contributed by atoms with Gasteiger partial charge >= 0.3 is 0 Å². The van der Waals surface area contributed by atoms with E-state index in [0.717, 1.165) is 19.3 Å². The third-order valence-corrected chi connectivity index (χ3v) is 3.83. The average molecular weight is 229 g/mol. The number of nitrogens with zero attached hydrogens (tertiary/aromatic N) is 2. The van der Waals surface area contributed by atoms with E-state index in [1.807, 2.05) is 6.07 Å². The molecule has 17 heavy (non-hydrogen) atoms. The minimum absolute atomic E-state index is 0.0323. The summed E-state index contributed by atoms with van der Waals surface area (Å²) < 4.78 is 4.46. The second kappa shape index (κ2) is 3.69. The molecule has 0 saturated heterocycles. The summed E-state index contributed by atoms with van der Waals surface area (Å²) in [5, 5.41) is 0. The van der Waals surface area contributed by atoms with Crippen LogP contribution < -0.4 is 4.57 Å². The first kappa shape index (κ1) is 10.5. The molecule has 1 aromatic heterocycles. The molecular formula is C14H17N2O+. The Hall–Kier alpha value is -1.64. The lowest BCUT2D eigenvalue weighted by Gasteiger charge is -2.17. The SMILES string of the molecule is CC(=O)C1CCCc2n1c1ccccc1[n+]2C. The Labute approximate surface area is 101 Å². The number of hydrogen-bond donors (Lipinski definition) is 0. The van der Waals surface area contributed by atoms with E-state index >= 15 is 0 Å². The van der Waals surface area contributed by atoms with E-state index in [4.69, 9.17) is 0 Å². The van der Waals surface area contributed by atoms with Gasteiger partial charge in [0.2, 0.25) is 0 Å². The maximum absolute atomic E-state index is 11.8. The fourth-order valence-electron chi connectivity index (χ4n) is 2.99. The molecule has 1 aliphatic heterocycles. The number of imidazole rings is 1. The van der Waals surface area contributed by atoms with Crippen molar-refractivity contribution in [2.45, 2.75) is 32.2 Å². The molecule has 0 spiro atoms. The number of carbonyl (C=O) groups excluding carboxylic acids is 1. The Morgan fingerprint density at radius 1 is 1.41 bits per heavy atom. The molecule has 0 aliphatic carbocycles. The number of fused-ring (bicyclic) bond motifs is 3. The van der Waals surface area contributed by atoms with E-state index in [2.05, 4.69) is 34.4 Å². The highest BCUT2D eigenvalue weighted by Crippen LogP contribution is 2.28. The average Bonchev–Trinajstić information content (AvgIpc) is 2.64. The molecule has 0 N–H and O–H groups in total. The second-order valence-electron chi connectivity index (χ2n) is 4.85. The molecule has 0 amide bonds. The van der Waals surface area contributed by atoms with Gasteiger partial charge in [-0.15, -0.1) is 0 Å². The van der Waals surface area contributed by atoms with Crippen molar-refractivity contribution in [3.63, 3.8) is 0 Å². The smallest absolute Gasteiger partial charge is 0.257 e. The van der Waals surface area contributed by atoms with Gasteiger partial charge in [0.05, 0.1) is 7.05 Å². The topological polar surface area (TPSA) is 25.9 Å².